The maximum absolute atomic E-state index is 3.36. The monoisotopic (exact) mass is 216 g/mol. The van der Waals surface area contributed by atoms with Gasteiger partial charge in [-0.3, -0.25) is 0 Å². The second-order valence-electron chi connectivity index (χ2n) is 3.14. The van der Waals surface area contributed by atoms with Gasteiger partial charge in [-0.25, -0.2) is 0 Å². The molecule has 0 heterocycles. The molecular weight excluding hydrogens is 202 g/mol. The Kier molecular flexibility index (Phi) is 3.43. The molecule has 0 bridgehead atoms. The van der Waals surface area contributed by atoms with E-state index in [0.717, 1.165) is 0 Å². The van der Waals surface area contributed by atoms with Crippen LogP contribution in [0.25, 0.3) is 0 Å². The van der Waals surface area contributed by atoms with Gasteiger partial charge >= 0.3 is 0 Å². The van der Waals surface area contributed by atoms with Crippen LogP contribution in [0, 0.1) is 0 Å². The van der Waals surface area contributed by atoms with Crippen molar-refractivity contribution in [3.63, 3.8) is 0 Å². The van der Waals surface area contributed by atoms with Crippen LogP contribution in [0.3, 0.4) is 0 Å². The van der Waals surface area contributed by atoms with Crippen molar-refractivity contribution < 1.29 is 0 Å². The van der Waals surface area contributed by atoms with Gasteiger partial charge in [0.15, 0.2) is 9.79 Å². The molecule has 0 aliphatic carbocycles. The number of rotatable bonds is 3. The Bertz CT molecular complexity index is 360. The van der Waals surface area contributed by atoms with Crippen LogP contribution in [-0.2, 0) is 11.1 Å². The van der Waals surface area contributed by atoms with E-state index in [0.29, 0.717) is 0 Å². The molecule has 2 aromatic rings. The van der Waals surface area contributed by atoms with Crippen LogP contribution in [0.15, 0.2) is 70.5 Å². The molecule has 1 N–H and O–H groups in total. The summed E-state index contributed by atoms with van der Waals surface area (Å²) in [5.74, 6) is 0. The van der Waals surface area contributed by atoms with Crippen LogP contribution in [0.2, 0.25) is 0 Å². The lowest BCUT2D eigenvalue weighted by Gasteiger charge is -2.04. The minimum atomic E-state index is -0.00821. The number of hydrogen-bond donors (Lipinski definition) is 1. The third-order valence-corrected chi connectivity index (χ3v) is 4.06. The van der Waals surface area contributed by atoms with E-state index in [1.54, 1.807) is 0 Å². The van der Waals surface area contributed by atoms with Gasteiger partial charge < -0.3 is 0 Å². The largest absolute Gasteiger partial charge is 0.181 e. The lowest BCUT2D eigenvalue weighted by Crippen LogP contribution is -2.19. The van der Waals surface area contributed by atoms with Crippen LogP contribution in [0.5, 0.6) is 0 Å². The Hall–Kier alpha value is -1.25. The van der Waals surface area contributed by atoms with Crippen molar-refractivity contribution in [1.29, 1.82) is 0 Å². The molecule has 0 aliphatic rings. The van der Waals surface area contributed by atoms with Crippen LogP contribution in [-0.4, -0.2) is 7.05 Å². The van der Waals surface area contributed by atoms with Crippen molar-refractivity contribution >= 4 is 11.1 Å². The number of hydrogen-bond acceptors (Lipinski definition) is 1. The lowest BCUT2D eigenvalue weighted by molar-refractivity contribution is 1.21. The summed E-state index contributed by atoms with van der Waals surface area (Å²) in [6.45, 7) is 0. The third-order valence-electron chi connectivity index (χ3n) is 2.16. The molecule has 2 heteroatoms. The SMILES string of the molecule is CN[S+](c1ccccc1)c1ccccc1. The van der Waals surface area contributed by atoms with Gasteiger partial charge in [0, 0.05) is 7.05 Å². The fourth-order valence-electron chi connectivity index (χ4n) is 1.48. The molecule has 0 atom stereocenters. The molecule has 0 aliphatic heterocycles. The van der Waals surface area contributed by atoms with Gasteiger partial charge in [0.1, 0.15) is 11.1 Å². The van der Waals surface area contributed by atoms with E-state index in [4.69, 9.17) is 0 Å². The van der Waals surface area contributed by atoms with Gasteiger partial charge in [-0.1, -0.05) is 36.4 Å². The summed E-state index contributed by atoms with van der Waals surface area (Å²) < 4.78 is 3.36. The summed E-state index contributed by atoms with van der Waals surface area (Å²) in [4.78, 5) is 2.65. The van der Waals surface area contributed by atoms with Crippen molar-refractivity contribution in [3.8, 4) is 0 Å². The zero-order valence-electron chi connectivity index (χ0n) is 8.68. The van der Waals surface area contributed by atoms with Gasteiger partial charge in [-0.05, 0) is 24.3 Å². The summed E-state index contributed by atoms with van der Waals surface area (Å²) in [6.07, 6.45) is 0. The molecule has 0 saturated heterocycles. The molecule has 1 nitrogen and oxygen atoms in total. The molecule has 0 spiro atoms. The van der Waals surface area contributed by atoms with Gasteiger partial charge in [0.25, 0.3) is 0 Å². The highest BCUT2D eigenvalue weighted by atomic mass is 32.2. The molecule has 2 aromatic carbocycles. The van der Waals surface area contributed by atoms with E-state index in [1.165, 1.54) is 9.79 Å². The normalized spacial score (nSPS) is 10.5. The van der Waals surface area contributed by atoms with Crippen LogP contribution >= 0.6 is 0 Å². The third kappa shape index (κ3) is 2.41. The minimum absolute atomic E-state index is 0.00821. The maximum atomic E-state index is 3.36. The van der Waals surface area contributed by atoms with Crippen LogP contribution < -0.4 is 4.72 Å². The standard InChI is InChI=1S/C13H14NS/c1-14-15(12-8-4-2-5-9-12)13-10-6-3-7-11-13/h2-11,14H,1H3/q+1. The molecule has 0 fully saturated rings. The molecule has 0 saturated carbocycles. The predicted octanol–water partition coefficient (Wildman–Crippen LogP) is 2.86. The Morgan fingerprint density at radius 1 is 0.733 bits per heavy atom. The Morgan fingerprint density at radius 3 is 1.47 bits per heavy atom. The zero-order chi connectivity index (χ0) is 10.5. The van der Waals surface area contributed by atoms with E-state index in [9.17, 15) is 0 Å². The average molecular weight is 216 g/mol. The summed E-state index contributed by atoms with van der Waals surface area (Å²) in [5.41, 5.74) is 0. The van der Waals surface area contributed by atoms with E-state index in [1.807, 2.05) is 19.2 Å². The fraction of sp³-hybridized carbons (Fsp3) is 0.0769. The summed E-state index contributed by atoms with van der Waals surface area (Å²) in [6, 6.07) is 21.0. The van der Waals surface area contributed by atoms with E-state index in [-0.39, 0.29) is 11.1 Å². The quantitative estimate of drug-likeness (QED) is 0.778. The molecule has 0 aromatic heterocycles. The molecule has 0 unspecified atom stereocenters. The first kappa shape index (κ1) is 10.3. The van der Waals surface area contributed by atoms with Gasteiger partial charge in [0.2, 0.25) is 0 Å². The van der Waals surface area contributed by atoms with Crippen LogP contribution in [0.1, 0.15) is 0 Å². The molecule has 2 rings (SSSR count). The highest BCUT2D eigenvalue weighted by Gasteiger charge is 2.22. The van der Waals surface area contributed by atoms with E-state index in [2.05, 4.69) is 53.3 Å². The molecule has 15 heavy (non-hydrogen) atoms. The van der Waals surface area contributed by atoms with Crippen molar-refractivity contribution in [1.82, 2.24) is 4.72 Å². The van der Waals surface area contributed by atoms with E-state index < -0.39 is 0 Å². The Morgan fingerprint density at radius 2 is 1.13 bits per heavy atom. The second kappa shape index (κ2) is 5.01. The minimum Gasteiger partial charge on any atom is -0.131 e. The molecular formula is C13H14NS+. The smallest absolute Gasteiger partial charge is 0.131 e. The molecule has 76 valence electrons. The van der Waals surface area contributed by atoms with Crippen molar-refractivity contribution in [2.75, 3.05) is 7.05 Å². The first-order valence-electron chi connectivity index (χ1n) is 4.93. The number of nitrogens with one attached hydrogen (secondary N) is 1. The first-order valence-corrected chi connectivity index (χ1v) is 6.16. The van der Waals surface area contributed by atoms with Crippen molar-refractivity contribution in [2.24, 2.45) is 0 Å². The van der Waals surface area contributed by atoms with Crippen molar-refractivity contribution in [2.45, 2.75) is 9.79 Å². The van der Waals surface area contributed by atoms with Crippen molar-refractivity contribution in [3.05, 3.63) is 60.7 Å². The van der Waals surface area contributed by atoms with Crippen LogP contribution in [0.4, 0.5) is 0 Å². The summed E-state index contributed by atoms with van der Waals surface area (Å²) in [5, 5.41) is 0. The predicted molar refractivity (Wildman–Crippen MR) is 65.8 cm³/mol. The highest BCUT2D eigenvalue weighted by Crippen LogP contribution is 2.19. The fourth-order valence-corrected chi connectivity index (χ4v) is 3.09. The maximum Gasteiger partial charge on any atom is 0.181 e. The Labute approximate surface area is 93.6 Å². The lowest BCUT2D eigenvalue weighted by atomic mass is 10.4. The summed E-state index contributed by atoms with van der Waals surface area (Å²) >= 11 is -0.00821. The van der Waals surface area contributed by atoms with Gasteiger partial charge in [-0.15, -0.1) is 4.72 Å². The number of benzene rings is 2. The first-order chi connectivity index (χ1) is 7.42. The van der Waals surface area contributed by atoms with Gasteiger partial charge in [0.05, 0.1) is 0 Å². The molecule has 0 radical (unpaired) electrons. The molecule has 0 amide bonds. The zero-order valence-corrected chi connectivity index (χ0v) is 9.50. The second-order valence-corrected chi connectivity index (χ2v) is 5.10. The topological polar surface area (TPSA) is 12.0 Å². The average Bonchev–Trinajstić information content (AvgIpc) is 2.33. The van der Waals surface area contributed by atoms with E-state index >= 15 is 0 Å². The highest BCUT2D eigenvalue weighted by molar-refractivity contribution is 7.95. The summed E-state index contributed by atoms with van der Waals surface area (Å²) in [7, 11) is 2.00. The van der Waals surface area contributed by atoms with Gasteiger partial charge in [-0.2, -0.15) is 0 Å². The Balaban J connectivity index is 2.34.